The number of alkyl halides is 3. The topological polar surface area (TPSA) is 49.6 Å². The highest BCUT2D eigenvalue weighted by molar-refractivity contribution is 7.97. The number of hydrogen-bond donors (Lipinski definition) is 0. The van der Waals surface area contributed by atoms with E-state index in [4.69, 9.17) is 0 Å². The molecule has 0 saturated carbocycles. The van der Waals surface area contributed by atoms with Crippen LogP contribution < -0.4 is 4.90 Å². The number of nitro groups is 1. The molecule has 3 rings (SSSR count). The maximum atomic E-state index is 12.8. The Bertz CT molecular complexity index is 844. The van der Waals surface area contributed by atoms with E-state index in [0.29, 0.717) is 0 Å². The van der Waals surface area contributed by atoms with Crippen molar-refractivity contribution in [2.24, 2.45) is 0 Å². The molecule has 29 heavy (non-hydrogen) atoms. The van der Waals surface area contributed by atoms with Crippen molar-refractivity contribution in [3.63, 3.8) is 0 Å². The van der Waals surface area contributed by atoms with E-state index < -0.39 is 17.0 Å². The molecule has 0 bridgehead atoms. The Kier molecular flexibility index (Phi) is 6.38. The molecule has 0 aromatic heterocycles. The third-order valence-corrected chi connectivity index (χ3v) is 6.35. The lowest BCUT2D eigenvalue weighted by Gasteiger charge is -2.40. The molecule has 1 fully saturated rings. The van der Waals surface area contributed by atoms with Gasteiger partial charge in [0.15, 0.2) is 0 Å². The molecule has 0 N–H and O–H groups in total. The molecule has 9 heteroatoms. The molecular formula is C20H22F3N3O2S. The lowest BCUT2D eigenvalue weighted by atomic mass is 10.0. The smallest absolute Gasteiger partial charge is 0.369 e. The first-order valence-corrected chi connectivity index (χ1v) is 10.0. The van der Waals surface area contributed by atoms with Gasteiger partial charge in [-0.1, -0.05) is 12.1 Å². The molecule has 5 nitrogen and oxygen atoms in total. The standard InChI is InChI=1S/C20H22F3N3O2S/c1-14-13-24(17-5-7-18(8-6-17)26(27)28)11-12-25(14)29-19-9-3-16(4-10-19)15(2)20(21,22)23/h3-10,14-15H,11-13H2,1-2H3. The van der Waals surface area contributed by atoms with Gasteiger partial charge in [0.2, 0.25) is 0 Å². The van der Waals surface area contributed by atoms with E-state index in [0.717, 1.165) is 30.2 Å². The third kappa shape index (κ3) is 5.22. The molecular weight excluding hydrogens is 403 g/mol. The molecule has 1 heterocycles. The average Bonchev–Trinajstić information content (AvgIpc) is 2.69. The van der Waals surface area contributed by atoms with Gasteiger partial charge >= 0.3 is 6.18 Å². The summed E-state index contributed by atoms with van der Waals surface area (Å²) in [5, 5.41) is 10.8. The number of anilines is 1. The molecule has 2 aromatic carbocycles. The summed E-state index contributed by atoms with van der Waals surface area (Å²) in [5.41, 5.74) is 1.27. The van der Waals surface area contributed by atoms with Gasteiger partial charge in [-0.05, 0) is 55.6 Å². The molecule has 0 spiro atoms. The summed E-state index contributed by atoms with van der Waals surface area (Å²) < 4.78 is 40.8. The molecule has 1 saturated heterocycles. The second kappa shape index (κ2) is 8.62. The number of nitro benzene ring substituents is 1. The zero-order valence-electron chi connectivity index (χ0n) is 16.1. The highest BCUT2D eigenvalue weighted by Gasteiger charge is 2.36. The summed E-state index contributed by atoms with van der Waals surface area (Å²) in [5.74, 6) is -1.48. The highest BCUT2D eigenvalue weighted by Crippen LogP contribution is 2.36. The van der Waals surface area contributed by atoms with Crippen molar-refractivity contribution in [1.82, 2.24) is 4.31 Å². The van der Waals surface area contributed by atoms with E-state index in [9.17, 15) is 23.3 Å². The van der Waals surface area contributed by atoms with Gasteiger partial charge in [-0.2, -0.15) is 13.2 Å². The number of piperazine rings is 1. The van der Waals surface area contributed by atoms with E-state index in [2.05, 4.69) is 16.1 Å². The maximum absolute atomic E-state index is 12.8. The molecule has 0 aliphatic carbocycles. The van der Waals surface area contributed by atoms with E-state index in [1.165, 1.54) is 31.2 Å². The SMILES string of the molecule is CC1CN(c2ccc([N+](=O)[O-])cc2)CCN1Sc1ccc(C(C)C(F)(F)F)cc1. The van der Waals surface area contributed by atoms with Crippen molar-refractivity contribution in [1.29, 1.82) is 0 Å². The van der Waals surface area contributed by atoms with Crippen LogP contribution in [0, 0.1) is 10.1 Å². The molecule has 2 unspecified atom stereocenters. The Balaban J connectivity index is 1.59. The predicted molar refractivity (Wildman–Crippen MR) is 108 cm³/mol. The summed E-state index contributed by atoms with van der Waals surface area (Å²) in [6.45, 7) is 5.54. The minimum atomic E-state index is -4.24. The highest BCUT2D eigenvalue weighted by atomic mass is 32.2. The quantitative estimate of drug-likeness (QED) is 0.361. The second-order valence-corrected chi connectivity index (χ2v) is 8.26. The van der Waals surface area contributed by atoms with Crippen LogP contribution in [-0.4, -0.2) is 41.1 Å². The Hall–Kier alpha value is -2.26. The van der Waals surface area contributed by atoms with Crippen LogP contribution in [0.2, 0.25) is 0 Å². The molecule has 0 radical (unpaired) electrons. The van der Waals surface area contributed by atoms with Crippen LogP contribution in [-0.2, 0) is 0 Å². The monoisotopic (exact) mass is 425 g/mol. The Morgan fingerprint density at radius 1 is 1.10 bits per heavy atom. The van der Waals surface area contributed by atoms with E-state index >= 15 is 0 Å². The minimum Gasteiger partial charge on any atom is -0.369 e. The number of hydrogen-bond acceptors (Lipinski definition) is 5. The zero-order valence-corrected chi connectivity index (χ0v) is 16.9. The first kappa shape index (κ1) is 21.4. The van der Waals surface area contributed by atoms with Crippen molar-refractivity contribution in [3.05, 3.63) is 64.2 Å². The molecule has 156 valence electrons. The van der Waals surface area contributed by atoms with Crippen LogP contribution in [0.3, 0.4) is 0 Å². The molecule has 2 aromatic rings. The van der Waals surface area contributed by atoms with E-state index in [1.807, 2.05) is 0 Å². The lowest BCUT2D eigenvalue weighted by Crippen LogP contribution is -2.49. The summed E-state index contributed by atoms with van der Waals surface area (Å²) >= 11 is 1.54. The molecule has 0 amide bonds. The molecule has 1 aliphatic rings. The Morgan fingerprint density at radius 2 is 1.72 bits per heavy atom. The van der Waals surface area contributed by atoms with Crippen LogP contribution >= 0.6 is 11.9 Å². The predicted octanol–water partition coefficient (Wildman–Crippen LogP) is 5.48. The fourth-order valence-electron chi connectivity index (χ4n) is 3.24. The van der Waals surface area contributed by atoms with Gasteiger partial charge in [0, 0.05) is 48.4 Å². The summed E-state index contributed by atoms with van der Waals surface area (Å²) in [7, 11) is 0. The van der Waals surface area contributed by atoms with E-state index in [-0.39, 0.29) is 17.3 Å². The fraction of sp³-hybridized carbons (Fsp3) is 0.400. The molecule has 2 atom stereocenters. The van der Waals surface area contributed by atoms with Crippen molar-refractivity contribution >= 4 is 23.3 Å². The van der Waals surface area contributed by atoms with Gasteiger partial charge in [-0.3, -0.25) is 10.1 Å². The molecule has 1 aliphatic heterocycles. The first-order valence-electron chi connectivity index (χ1n) is 9.26. The summed E-state index contributed by atoms with van der Waals surface area (Å²) in [6.07, 6.45) is -4.24. The normalized spacial score (nSPS) is 19.2. The maximum Gasteiger partial charge on any atom is 0.395 e. The number of rotatable bonds is 5. The number of halogens is 3. The second-order valence-electron chi connectivity index (χ2n) is 7.13. The van der Waals surface area contributed by atoms with Gasteiger partial charge in [0.25, 0.3) is 5.69 Å². The average molecular weight is 425 g/mol. The largest absolute Gasteiger partial charge is 0.395 e. The summed E-state index contributed by atoms with van der Waals surface area (Å²) in [6, 6.07) is 13.3. The lowest BCUT2D eigenvalue weighted by molar-refractivity contribution is -0.384. The zero-order chi connectivity index (χ0) is 21.2. The van der Waals surface area contributed by atoms with Crippen molar-refractivity contribution in [2.75, 3.05) is 24.5 Å². The van der Waals surface area contributed by atoms with Gasteiger partial charge in [-0.15, -0.1) is 0 Å². The number of non-ortho nitro benzene ring substituents is 1. The van der Waals surface area contributed by atoms with E-state index in [1.54, 1.807) is 36.2 Å². The van der Waals surface area contributed by atoms with Gasteiger partial charge < -0.3 is 4.90 Å². The van der Waals surface area contributed by atoms with Crippen LogP contribution in [0.4, 0.5) is 24.5 Å². The van der Waals surface area contributed by atoms with Gasteiger partial charge in [0.05, 0.1) is 10.8 Å². The fourth-order valence-corrected chi connectivity index (χ4v) is 4.19. The van der Waals surface area contributed by atoms with Crippen molar-refractivity contribution in [3.8, 4) is 0 Å². The first-order chi connectivity index (χ1) is 13.6. The van der Waals surface area contributed by atoms with Gasteiger partial charge in [0.1, 0.15) is 0 Å². The van der Waals surface area contributed by atoms with Gasteiger partial charge in [-0.25, -0.2) is 4.31 Å². The Morgan fingerprint density at radius 3 is 2.24 bits per heavy atom. The minimum absolute atomic E-state index is 0.0688. The van der Waals surface area contributed by atoms with Crippen LogP contribution in [0.15, 0.2) is 53.4 Å². The Labute approximate surface area is 171 Å². The number of nitrogens with zero attached hydrogens (tertiary/aromatic N) is 3. The third-order valence-electron chi connectivity index (χ3n) is 5.09. The summed E-state index contributed by atoms with van der Waals surface area (Å²) in [4.78, 5) is 13.5. The van der Waals surface area contributed by atoms with Crippen molar-refractivity contribution in [2.45, 2.75) is 36.9 Å². The van der Waals surface area contributed by atoms with Crippen LogP contribution in [0.5, 0.6) is 0 Å². The number of benzene rings is 2. The van der Waals surface area contributed by atoms with Crippen LogP contribution in [0.1, 0.15) is 25.3 Å². The van der Waals surface area contributed by atoms with Crippen LogP contribution in [0.25, 0.3) is 0 Å². The van der Waals surface area contributed by atoms with Crippen molar-refractivity contribution < 1.29 is 18.1 Å².